The summed E-state index contributed by atoms with van der Waals surface area (Å²) in [4.78, 5) is 8.19. The summed E-state index contributed by atoms with van der Waals surface area (Å²) in [6.07, 6.45) is 1.68. The topological polar surface area (TPSA) is 92.5 Å². The van der Waals surface area contributed by atoms with Crippen LogP contribution in [0.3, 0.4) is 0 Å². The Morgan fingerprint density at radius 3 is 2.73 bits per heavy atom. The van der Waals surface area contributed by atoms with Crippen LogP contribution in [0, 0.1) is 0 Å². The Kier molecular flexibility index (Phi) is 1.99. The number of hydrogen-bond acceptors (Lipinski definition) is 5. The summed E-state index contributed by atoms with van der Waals surface area (Å²) < 4.78 is 0. The highest BCUT2D eigenvalue weighted by Crippen LogP contribution is 2.21. The SMILES string of the molecule is CC(C)(C)Nc1nc(N)nc2[nH]ncc12. The van der Waals surface area contributed by atoms with Gasteiger partial charge in [-0.15, -0.1) is 0 Å². The Hall–Kier alpha value is -1.85. The average molecular weight is 206 g/mol. The quantitative estimate of drug-likeness (QED) is 0.650. The van der Waals surface area contributed by atoms with Gasteiger partial charge in [0, 0.05) is 5.54 Å². The van der Waals surface area contributed by atoms with Crippen molar-refractivity contribution < 1.29 is 0 Å². The molecule has 2 heterocycles. The van der Waals surface area contributed by atoms with Crippen LogP contribution in [-0.2, 0) is 0 Å². The Balaban J connectivity index is 2.53. The van der Waals surface area contributed by atoms with Crippen molar-refractivity contribution in [2.24, 2.45) is 0 Å². The fourth-order valence-electron chi connectivity index (χ4n) is 1.30. The van der Waals surface area contributed by atoms with E-state index in [1.807, 2.05) is 0 Å². The molecule has 0 aliphatic heterocycles. The van der Waals surface area contributed by atoms with Gasteiger partial charge in [-0.1, -0.05) is 0 Å². The molecule has 2 rings (SSSR count). The molecule has 0 saturated heterocycles. The predicted molar refractivity (Wildman–Crippen MR) is 59.5 cm³/mol. The van der Waals surface area contributed by atoms with Crippen molar-refractivity contribution in [3.8, 4) is 0 Å². The van der Waals surface area contributed by atoms with E-state index in [0.29, 0.717) is 11.5 Å². The molecule has 4 N–H and O–H groups in total. The Morgan fingerprint density at radius 2 is 2.07 bits per heavy atom. The lowest BCUT2D eigenvalue weighted by Gasteiger charge is -2.21. The summed E-state index contributed by atoms with van der Waals surface area (Å²) in [5, 5.41) is 10.8. The first-order valence-electron chi connectivity index (χ1n) is 4.70. The molecule has 0 bridgehead atoms. The molecule has 0 amide bonds. The van der Waals surface area contributed by atoms with Crippen LogP contribution >= 0.6 is 0 Å². The van der Waals surface area contributed by atoms with Crippen molar-refractivity contribution in [2.45, 2.75) is 26.3 Å². The monoisotopic (exact) mass is 206 g/mol. The molecule has 6 heteroatoms. The summed E-state index contributed by atoms with van der Waals surface area (Å²) in [6.45, 7) is 6.16. The first-order valence-corrected chi connectivity index (χ1v) is 4.70. The molecule has 0 spiro atoms. The van der Waals surface area contributed by atoms with Crippen molar-refractivity contribution in [1.29, 1.82) is 0 Å². The van der Waals surface area contributed by atoms with Crippen molar-refractivity contribution in [1.82, 2.24) is 20.2 Å². The lowest BCUT2D eigenvalue weighted by molar-refractivity contribution is 0.631. The van der Waals surface area contributed by atoms with E-state index in [1.54, 1.807) is 6.20 Å². The zero-order valence-corrected chi connectivity index (χ0v) is 9.00. The first-order chi connectivity index (χ1) is 6.96. The number of aromatic amines is 1. The van der Waals surface area contributed by atoms with E-state index in [-0.39, 0.29) is 11.5 Å². The fourth-order valence-corrected chi connectivity index (χ4v) is 1.30. The van der Waals surface area contributed by atoms with E-state index in [4.69, 9.17) is 5.73 Å². The van der Waals surface area contributed by atoms with Crippen molar-refractivity contribution in [3.63, 3.8) is 0 Å². The number of nitrogens with two attached hydrogens (primary N) is 1. The summed E-state index contributed by atoms with van der Waals surface area (Å²) in [7, 11) is 0. The zero-order valence-electron chi connectivity index (χ0n) is 9.00. The van der Waals surface area contributed by atoms with Gasteiger partial charge in [0.15, 0.2) is 5.65 Å². The number of nitrogens with one attached hydrogen (secondary N) is 2. The van der Waals surface area contributed by atoms with Crippen LogP contribution in [-0.4, -0.2) is 25.7 Å². The molecule has 2 aromatic rings. The lowest BCUT2D eigenvalue weighted by atomic mass is 10.1. The van der Waals surface area contributed by atoms with Gasteiger partial charge in [0.2, 0.25) is 5.95 Å². The normalized spacial score (nSPS) is 11.9. The van der Waals surface area contributed by atoms with Gasteiger partial charge < -0.3 is 11.1 Å². The highest BCUT2D eigenvalue weighted by atomic mass is 15.2. The maximum atomic E-state index is 5.59. The molecule has 2 aromatic heterocycles. The minimum absolute atomic E-state index is 0.0784. The molecule has 0 saturated carbocycles. The van der Waals surface area contributed by atoms with E-state index in [0.717, 1.165) is 5.39 Å². The zero-order chi connectivity index (χ0) is 11.1. The van der Waals surface area contributed by atoms with Crippen LogP contribution in [0.25, 0.3) is 11.0 Å². The Bertz CT molecular complexity index is 481. The molecule has 0 aliphatic rings. The molecule has 0 fully saturated rings. The molecule has 0 radical (unpaired) electrons. The molecular weight excluding hydrogens is 192 g/mol. The van der Waals surface area contributed by atoms with Gasteiger partial charge in [-0.3, -0.25) is 5.10 Å². The summed E-state index contributed by atoms with van der Waals surface area (Å²) in [6, 6.07) is 0. The number of aromatic nitrogens is 4. The minimum atomic E-state index is -0.0784. The predicted octanol–water partition coefficient (Wildman–Crippen LogP) is 1.15. The molecule has 0 aromatic carbocycles. The van der Waals surface area contributed by atoms with Gasteiger partial charge >= 0.3 is 0 Å². The van der Waals surface area contributed by atoms with Gasteiger partial charge in [0.1, 0.15) is 5.82 Å². The van der Waals surface area contributed by atoms with Gasteiger partial charge in [-0.05, 0) is 20.8 Å². The van der Waals surface area contributed by atoms with Crippen LogP contribution < -0.4 is 11.1 Å². The number of anilines is 2. The van der Waals surface area contributed by atoms with Crippen LogP contribution in [0.5, 0.6) is 0 Å². The van der Waals surface area contributed by atoms with Gasteiger partial charge in [-0.25, -0.2) is 0 Å². The van der Waals surface area contributed by atoms with Crippen LogP contribution in [0.15, 0.2) is 6.20 Å². The van der Waals surface area contributed by atoms with E-state index >= 15 is 0 Å². The third-order valence-corrected chi connectivity index (χ3v) is 1.82. The van der Waals surface area contributed by atoms with Crippen LogP contribution in [0.1, 0.15) is 20.8 Å². The summed E-state index contributed by atoms with van der Waals surface area (Å²) in [5.74, 6) is 0.942. The molecule has 80 valence electrons. The Labute approximate surface area is 87.3 Å². The van der Waals surface area contributed by atoms with Gasteiger partial charge in [0.25, 0.3) is 0 Å². The first kappa shape index (κ1) is 9.70. The second-order valence-corrected chi connectivity index (χ2v) is 4.44. The number of rotatable bonds is 1. The number of H-pyrrole nitrogens is 1. The second-order valence-electron chi connectivity index (χ2n) is 4.44. The van der Waals surface area contributed by atoms with Crippen molar-refractivity contribution >= 4 is 22.8 Å². The number of hydrogen-bond donors (Lipinski definition) is 3. The largest absolute Gasteiger partial charge is 0.368 e. The molecule has 0 aliphatic carbocycles. The number of nitrogens with zero attached hydrogens (tertiary/aromatic N) is 3. The highest BCUT2D eigenvalue weighted by Gasteiger charge is 2.14. The standard InChI is InChI=1S/C9H14N6/c1-9(2,3)14-6-5-4-11-15-7(5)13-8(10)12-6/h4H,1-3H3,(H4,10,11,12,13,14,15). The maximum Gasteiger partial charge on any atom is 0.224 e. The summed E-state index contributed by atoms with van der Waals surface area (Å²) >= 11 is 0. The van der Waals surface area contributed by atoms with E-state index in [2.05, 4.69) is 46.3 Å². The van der Waals surface area contributed by atoms with Crippen LogP contribution in [0.4, 0.5) is 11.8 Å². The molecule has 0 atom stereocenters. The number of fused-ring (bicyclic) bond motifs is 1. The fraction of sp³-hybridized carbons (Fsp3) is 0.444. The molecule has 6 nitrogen and oxygen atoms in total. The molecule has 0 unspecified atom stereocenters. The van der Waals surface area contributed by atoms with E-state index in [1.165, 1.54) is 0 Å². The Morgan fingerprint density at radius 1 is 1.33 bits per heavy atom. The lowest BCUT2D eigenvalue weighted by Crippen LogP contribution is -2.27. The van der Waals surface area contributed by atoms with E-state index in [9.17, 15) is 0 Å². The van der Waals surface area contributed by atoms with Gasteiger partial charge in [0.05, 0.1) is 11.6 Å². The molecular formula is C9H14N6. The average Bonchev–Trinajstić information content (AvgIpc) is 2.48. The number of nitrogen functional groups attached to an aromatic ring is 1. The van der Waals surface area contributed by atoms with Crippen molar-refractivity contribution in [3.05, 3.63) is 6.20 Å². The summed E-state index contributed by atoms with van der Waals surface area (Å²) in [5.41, 5.74) is 6.16. The minimum Gasteiger partial charge on any atom is -0.368 e. The van der Waals surface area contributed by atoms with Crippen molar-refractivity contribution in [2.75, 3.05) is 11.1 Å². The third-order valence-electron chi connectivity index (χ3n) is 1.82. The highest BCUT2D eigenvalue weighted by molar-refractivity contribution is 5.87. The molecule has 15 heavy (non-hydrogen) atoms. The third kappa shape index (κ3) is 1.98. The van der Waals surface area contributed by atoms with E-state index < -0.39 is 0 Å². The maximum absolute atomic E-state index is 5.59. The van der Waals surface area contributed by atoms with Crippen LogP contribution in [0.2, 0.25) is 0 Å². The second kappa shape index (κ2) is 3.08. The van der Waals surface area contributed by atoms with Gasteiger partial charge in [-0.2, -0.15) is 15.1 Å². The smallest absolute Gasteiger partial charge is 0.224 e.